The highest BCUT2D eigenvalue weighted by atomic mass is 14.2. The SMILES string of the molecule is CC(C)=C(C)c1cc2c(C)c(c1)CCc1cc(C(C)(C)C)cc(c1C)CC2. The molecule has 0 atom stereocenters. The number of fused-ring (bicyclic) bond motifs is 4. The summed E-state index contributed by atoms with van der Waals surface area (Å²) < 4.78 is 0. The van der Waals surface area contributed by atoms with Gasteiger partial charge in [-0.15, -0.1) is 0 Å². The van der Waals surface area contributed by atoms with E-state index in [0.717, 1.165) is 25.7 Å². The minimum Gasteiger partial charge on any atom is -0.0729 e. The molecule has 0 heterocycles. The van der Waals surface area contributed by atoms with Gasteiger partial charge < -0.3 is 0 Å². The molecule has 0 radical (unpaired) electrons. The highest BCUT2D eigenvalue weighted by Crippen LogP contribution is 2.32. The third-order valence-electron chi connectivity index (χ3n) is 6.62. The number of rotatable bonds is 1. The Labute approximate surface area is 166 Å². The Kier molecular flexibility index (Phi) is 5.39. The molecule has 2 aromatic rings. The van der Waals surface area contributed by atoms with Gasteiger partial charge in [-0.05, 0) is 116 Å². The molecule has 1 aliphatic rings. The maximum Gasteiger partial charge on any atom is -0.0132 e. The fourth-order valence-electron chi connectivity index (χ4n) is 4.20. The lowest BCUT2D eigenvalue weighted by Gasteiger charge is -2.25. The lowest BCUT2D eigenvalue weighted by molar-refractivity contribution is 0.587. The number of benzene rings is 2. The van der Waals surface area contributed by atoms with Crippen LogP contribution in [0.1, 0.15) is 86.1 Å². The number of aryl methyl sites for hydroxylation is 4. The van der Waals surface area contributed by atoms with E-state index in [2.05, 4.69) is 79.7 Å². The van der Waals surface area contributed by atoms with Crippen LogP contribution in [0.2, 0.25) is 0 Å². The van der Waals surface area contributed by atoms with Crippen LogP contribution < -0.4 is 0 Å². The molecule has 1 aliphatic carbocycles. The quantitative estimate of drug-likeness (QED) is 0.500. The molecule has 2 aromatic carbocycles. The van der Waals surface area contributed by atoms with E-state index in [-0.39, 0.29) is 5.41 Å². The first-order chi connectivity index (χ1) is 12.6. The van der Waals surface area contributed by atoms with Crippen molar-refractivity contribution >= 4 is 5.57 Å². The van der Waals surface area contributed by atoms with Crippen LogP contribution in [0.5, 0.6) is 0 Å². The molecule has 0 spiro atoms. The van der Waals surface area contributed by atoms with Crippen molar-refractivity contribution in [3.05, 3.63) is 74.3 Å². The van der Waals surface area contributed by atoms with Crippen molar-refractivity contribution in [2.45, 2.75) is 86.5 Å². The van der Waals surface area contributed by atoms with Crippen molar-refractivity contribution in [3.8, 4) is 0 Å². The van der Waals surface area contributed by atoms with Crippen LogP contribution in [0.15, 0.2) is 29.8 Å². The summed E-state index contributed by atoms with van der Waals surface area (Å²) in [7, 11) is 0. The Balaban J connectivity index is 2.11. The van der Waals surface area contributed by atoms with Gasteiger partial charge in [-0.3, -0.25) is 0 Å². The third-order valence-corrected chi connectivity index (χ3v) is 6.62. The largest absolute Gasteiger partial charge is 0.0729 e. The van der Waals surface area contributed by atoms with Crippen molar-refractivity contribution in [1.82, 2.24) is 0 Å². The molecule has 0 unspecified atom stereocenters. The second-order valence-corrected chi connectivity index (χ2v) is 9.71. The normalized spacial score (nSPS) is 14.1. The molecule has 0 saturated heterocycles. The second-order valence-electron chi connectivity index (χ2n) is 9.71. The highest BCUT2D eigenvalue weighted by molar-refractivity contribution is 5.68. The molecule has 0 aromatic heterocycles. The summed E-state index contributed by atoms with van der Waals surface area (Å²) >= 11 is 0. The van der Waals surface area contributed by atoms with Crippen LogP contribution >= 0.6 is 0 Å². The van der Waals surface area contributed by atoms with Crippen molar-refractivity contribution in [2.75, 3.05) is 0 Å². The standard InChI is InChI=1S/C27H36/c1-17(2)18(3)25-13-21-9-11-23-15-26(27(6,7)8)16-24(20(23)5)12-10-22(14-25)19(21)4/h13-16H,9-12H2,1-8H3. The first-order valence-corrected chi connectivity index (χ1v) is 10.5. The molecule has 0 aliphatic heterocycles. The summed E-state index contributed by atoms with van der Waals surface area (Å²) in [5.74, 6) is 0. The smallest absolute Gasteiger partial charge is 0.0132 e. The van der Waals surface area contributed by atoms with E-state index in [1.165, 1.54) is 44.5 Å². The zero-order valence-electron chi connectivity index (χ0n) is 18.6. The first-order valence-electron chi connectivity index (χ1n) is 10.5. The highest BCUT2D eigenvalue weighted by Gasteiger charge is 2.19. The van der Waals surface area contributed by atoms with Gasteiger partial charge in [0, 0.05) is 0 Å². The van der Waals surface area contributed by atoms with Gasteiger partial charge in [0.25, 0.3) is 0 Å². The summed E-state index contributed by atoms with van der Waals surface area (Å²) in [6, 6.07) is 9.85. The predicted octanol–water partition coefficient (Wildman–Crippen LogP) is 7.30. The van der Waals surface area contributed by atoms with Crippen LogP contribution in [0.25, 0.3) is 5.57 Å². The average Bonchev–Trinajstić information content (AvgIpc) is 2.59. The third kappa shape index (κ3) is 4.05. The van der Waals surface area contributed by atoms with Gasteiger partial charge in [0.2, 0.25) is 0 Å². The van der Waals surface area contributed by atoms with Crippen molar-refractivity contribution in [3.63, 3.8) is 0 Å². The molecule has 0 nitrogen and oxygen atoms in total. The monoisotopic (exact) mass is 360 g/mol. The van der Waals surface area contributed by atoms with Gasteiger partial charge in [-0.2, -0.15) is 0 Å². The first kappa shape index (κ1) is 19.9. The van der Waals surface area contributed by atoms with E-state index in [9.17, 15) is 0 Å². The van der Waals surface area contributed by atoms with Gasteiger partial charge in [-0.1, -0.05) is 50.6 Å². The zero-order chi connectivity index (χ0) is 19.9. The molecule has 3 rings (SSSR count). The number of allylic oxidation sites excluding steroid dienone is 2. The number of hydrogen-bond donors (Lipinski definition) is 0. The minimum atomic E-state index is 0.208. The Morgan fingerprint density at radius 1 is 0.667 bits per heavy atom. The van der Waals surface area contributed by atoms with E-state index < -0.39 is 0 Å². The zero-order valence-corrected chi connectivity index (χ0v) is 18.6. The van der Waals surface area contributed by atoms with Gasteiger partial charge in [0.15, 0.2) is 0 Å². The van der Waals surface area contributed by atoms with Crippen LogP contribution in [-0.4, -0.2) is 0 Å². The molecule has 0 N–H and O–H groups in total. The van der Waals surface area contributed by atoms with Gasteiger partial charge in [0.1, 0.15) is 0 Å². The summed E-state index contributed by atoms with van der Waals surface area (Å²) in [5, 5.41) is 0. The fraction of sp³-hybridized carbons (Fsp3) is 0.481. The van der Waals surface area contributed by atoms with Crippen LogP contribution in [0.4, 0.5) is 0 Å². The average molecular weight is 361 g/mol. The molecular weight excluding hydrogens is 324 g/mol. The Hall–Kier alpha value is -1.82. The second kappa shape index (κ2) is 7.30. The Bertz CT molecular complexity index is 846. The van der Waals surface area contributed by atoms with Crippen LogP contribution in [0.3, 0.4) is 0 Å². The summed E-state index contributed by atoms with van der Waals surface area (Å²) in [6.07, 6.45) is 4.55. The molecular formula is C27H36. The Morgan fingerprint density at radius 3 is 1.37 bits per heavy atom. The summed E-state index contributed by atoms with van der Waals surface area (Å²) in [5.41, 5.74) is 15.2. The summed E-state index contributed by atoms with van der Waals surface area (Å²) in [6.45, 7) is 18.4. The molecule has 4 bridgehead atoms. The topological polar surface area (TPSA) is 0 Å². The molecule has 0 heteroatoms. The molecule has 144 valence electrons. The van der Waals surface area contributed by atoms with Crippen molar-refractivity contribution in [2.24, 2.45) is 0 Å². The van der Waals surface area contributed by atoms with Crippen molar-refractivity contribution in [1.29, 1.82) is 0 Å². The molecule has 27 heavy (non-hydrogen) atoms. The lowest BCUT2D eigenvalue weighted by atomic mass is 9.80. The molecule has 0 fully saturated rings. The maximum atomic E-state index is 2.47. The number of hydrogen-bond acceptors (Lipinski definition) is 0. The van der Waals surface area contributed by atoms with Gasteiger partial charge in [0.05, 0.1) is 0 Å². The van der Waals surface area contributed by atoms with Crippen LogP contribution in [-0.2, 0) is 31.1 Å². The van der Waals surface area contributed by atoms with E-state index in [0.29, 0.717) is 0 Å². The van der Waals surface area contributed by atoms with E-state index in [1.807, 2.05) is 0 Å². The minimum absolute atomic E-state index is 0.208. The fourth-order valence-corrected chi connectivity index (χ4v) is 4.20. The van der Waals surface area contributed by atoms with E-state index >= 15 is 0 Å². The van der Waals surface area contributed by atoms with Crippen molar-refractivity contribution < 1.29 is 0 Å². The summed E-state index contributed by atoms with van der Waals surface area (Å²) in [4.78, 5) is 0. The van der Waals surface area contributed by atoms with E-state index in [4.69, 9.17) is 0 Å². The predicted molar refractivity (Wildman–Crippen MR) is 120 cm³/mol. The van der Waals surface area contributed by atoms with Gasteiger partial charge in [-0.25, -0.2) is 0 Å². The van der Waals surface area contributed by atoms with Crippen LogP contribution in [0, 0.1) is 13.8 Å². The van der Waals surface area contributed by atoms with E-state index in [1.54, 1.807) is 11.1 Å². The maximum absolute atomic E-state index is 2.47. The Morgan fingerprint density at radius 2 is 1.04 bits per heavy atom. The lowest BCUT2D eigenvalue weighted by Crippen LogP contribution is -2.15. The molecule has 0 saturated carbocycles. The molecule has 0 amide bonds. The van der Waals surface area contributed by atoms with Gasteiger partial charge >= 0.3 is 0 Å².